The van der Waals surface area contributed by atoms with E-state index < -0.39 is 41.7 Å². The predicted molar refractivity (Wildman–Crippen MR) is 119 cm³/mol. The van der Waals surface area contributed by atoms with Crippen molar-refractivity contribution < 1.29 is 27.6 Å². The summed E-state index contributed by atoms with van der Waals surface area (Å²) in [4.78, 5) is 45.8. The molecule has 4 amide bonds. The minimum atomic E-state index is -4.68. The number of aromatic nitrogens is 1. The highest BCUT2D eigenvalue weighted by molar-refractivity contribution is 6.03. The fourth-order valence-electron chi connectivity index (χ4n) is 4.37. The Bertz CT molecular complexity index is 1180. The molecule has 0 saturated carbocycles. The maximum Gasteiger partial charge on any atom is 0.416 e. The lowest BCUT2D eigenvalue weighted by atomic mass is 9.91. The Kier molecular flexibility index (Phi) is 6.51. The summed E-state index contributed by atoms with van der Waals surface area (Å²) < 4.78 is 41.2. The number of alkyl halides is 3. The highest BCUT2D eigenvalue weighted by Crippen LogP contribution is 2.41. The number of hydrogen-bond donors (Lipinski definition) is 2. The van der Waals surface area contributed by atoms with Crippen molar-refractivity contribution in [3.8, 4) is 0 Å². The molecule has 2 atom stereocenters. The van der Waals surface area contributed by atoms with Crippen LogP contribution in [0.1, 0.15) is 36.7 Å². The Morgan fingerprint density at radius 1 is 1.20 bits per heavy atom. The summed E-state index contributed by atoms with van der Waals surface area (Å²) in [7, 11) is 0. The molecule has 2 aliphatic rings. The number of nitrogens with zero attached hydrogens (tertiary/aromatic N) is 3. The van der Waals surface area contributed by atoms with Gasteiger partial charge in [0.1, 0.15) is 6.04 Å². The number of amides is 4. The maximum absolute atomic E-state index is 13.7. The summed E-state index contributed by atoms with van der Waals surface area (Å²) in [5.41, 5.74) is -0.192. The normalized spacial score (nSPS) is 18.9. The quantitative estimate of drug-likeness (QED) is 0.655. The highest BCUT2D eigenvalue weighted by Gasteiger charge is 2.47. The molecule has 0 fully saturated rings. The van der Waals surface area contributed by atoms with Gasteiger partial charge in [0, 0.05) is 12.7 Å². The second-order valence-electron chi connectivity index (χ2n) is 8.22. The maximum atomic E-state index is 13.7. The van der Waals surface area contributed by atoms with Crippen molar-refractivity contribution in [3.05, 3.63) is 76.8 Å². The third-order valence-corrected chi connectivity index (χ3v) is 6.16. The average Bonchev–Trinajstić information content (AvgIpc) is 3.18. The van der Waals surface area contributed by atoms with Crippen LogP contribution in [0.25, 0.3) is 0 Å². The van der Waals surface area contributed by atoms with Gasteiger partial charge in [-0.1, -0.05) is 24.3 Å². The monoisotopic (exact) mass is 487 g/mol. The fourth-order valence-corrected chi connectivity index (χ4v) is 4.37. The molecule has 1 aromatic carbocycles. The molecule has 0 bridgehead atoms. The van der Waals surface area contributed by atoms with Gasteiger partial charge in [-0.2, -0.15) is 13.2 Å². The van der Waals surface area contributed by atoms with Crippen molar-refractivity contribution in [2.45, 2.75) is 38.7 Å². The van der Waals surface area contributed by atoms with Crippen LogP contribution in [-0.2, 0) is 22.3 Å². The number of pyridine rings is 1. The standard InChI is InChI=1S/C24H24F3N5O3/c1-3-31-18-13-32(14(2)21(33)29-12-15-8-6-7-11-28-15)22(34)19(18)20(30-23(31)35)16-9-4-5-10-17(16)24(25,26)27/h4-11,14,20H,3,12-13H2,1-2H3,(H,29,33)(H,30,35). The second-order valence-corrected chi connectivity index (χ2v) is 8.22. The molecule has 0 spiro atoms. The zero-order valence-electron chi connectivity index (χ0n) is 19.1. The van der Waals surface area contributed by atoms with Crippen molar-refractivity contribution >= 4 is 17.8 Å². The van der Waals surface area contributed by atoms with Gasteiger partial charge in [0.05, 0.1) is 41.7 Å². The topological polar surface area (TPSA) is 94.6 Å². The zero-order chi connectivity index (χ0) is 25.3. The summed E-state index contributed by atoms with van der Waals surface area (Å²) in [5.74, 6) is -1.04. The largest absolute Gasteiger partial charge is 0.416 e. The molecule has 0 aliphatic carbocycles. The van der Waals surface area contributed by atoms with E-state index in [1.165, 1.54) is 34.9 Å². The van der Waals surface area contributed by atoms with Gasteiger partial charge in [-0.15, -0.1) is 0 Å². The van der Waals surface area contributed by atoms with E-state index in [0.717, 1.165) is 6.07 Å². The van der Waals surface area contributed by atoms with Gasteiger partial charge in [0.25, 0.3) is 5.91 Å². The van der Waals surface area contributed by atoms with Crippen molar-refractivity contribution in [2.24, 2.45) is 0 Å². The Morgan fingerprint density at radius 3 is 2.57 bits per heavy atom. The molecule has 2 aliphatic heterocycles. The van der Waals surface area contributed by atoms with Crippen molar-refractivity contribution in [1.82, 2.24) is 25.4 Å². The van der Waals surface area contributed by atoms with E-state index in [9.17, 15) is 27.6 Å². The minimum absolute atomic E-state index is 0.0347. The van der Waals surface area contributed by atoms with Crippen molar-refractivity contribution in [2.75, 3.05) is 13.1 Å². The van der Waals surface area contributed by atoms with E-state index in [2.05, 4.69) is 15.6 Å². The van der Waals surface area contributed by atoms with Crippen LogP contribution in [0.2, 0.25) is 0 Å². The Morgan fingerprint density at radius 2 is 1.91 bits per heavy atom. The van der Waals surface area contributed by atoms with Gasteiger partial charge in [-0.25, -0.2) is 4.79 Å². The van der Waals surface area contributed by atoms with Gasteiger partial charge in [0.15, 0.2) is 0 Å². The van der Waals surface area contributed by atoms with E-state index in [1.54, 1.807) is 31.3 Å². The summed E-state index contributed by atoms with van der Waals surface area (Å²) in [6.07, 6.45) is -3.08. The summed E-state index contributed by atoms with van der Waals surface area (Å²) in [6.45, 7) is 3.53. The lowest BCUT2D eigenvalue weighted by molar-refractivity contribution is -0.138. The van der Waals surface area contributed by atoms with Gasteiger partial charge in [-0.3, -0.25) is 19.5 Å². The molecule has 35 heavy (non-hydrogen) atoms. The van der Waals surface area contributed by atoms with Gasteiger partial charge in [0.2, 0.25) is 5.91 Å². The van der Waals surface area contributed by atoms with Crippen LogP contribution in [0.3, 0.4) is 0 Å². The molecule has 4 rings (SSSR count). The van der Waals surface area contributed by atoms with E-state index >= 15 is 0 Å². The van der Waals surface area contributed by atoms with Gasteiger partial charge in [-0.05, 0) is 37.6 Å². The SMILES string of the molecule is CCN1C(=O)NC(c2ccccc2C(F)(F)F)C2=C1CN(C(C)C(=O)NCc1ccccn1)C2=O. The third kappa shape index (κ3) is 4.58. The summed E-state index contributed by atoms with van der Waals surface area (Å²) in [5, 5.41) is 5.28. The molecule has 3 heterocycles. The molecule has 11 heteroatoms. The van der Waals surface area contributed by atoms with E-state index in [0.29, 0.717) is 11.4 Å². The zero-order valence-corrected chi connectivity index (χ0v) is 19.1. The molecular formula is C24H24F3N5O3. The van der Waals surface area contributed by atoms with Crippen LogP contribution in [0.4, 0.5) is 18.0 Å². The number of rotatable bonds is 6. The lowest BCUT2D eigenvalue weighted by Gasteiger charge is -2.33. The fraction of sp³-hybridized carbons (Fsp3) is 0.333. The molecule has 8 nitrogen and oxygen atoms in total. The van der Waals surface area contributed by atoms with Crippen molar-refractivity contribution in [1.29, 1.82) is 0 Å². The number of urea groups is 1. The van der Waals surface area contributed by atoms with Crippen LogP contribution < -0.4 is 10.6 Å². The number of hydrogen-bond acceptors (Lipinski definition) is 4. The van der Waals surface area contributed by atoms with Crippen LogP contribution in [-0.4, -0.2) is 51.8 Å². The first-order chi connectivity index (χ1) is 16.6. The Balaban J connectivity index is 1.63. The second kappa shape index (κ2) is 9.40. The minimum Gasteiger partial charge on any atom is -0.349 e. The summed E-state index contributed by atoms with van der Waals surface area (Å²) >= 11 is 0. The Hall–Kier alpha value is -3.89. The smallest absolute Gasteiger partial charge is 0.349 e. The molecule has 184 valence electrons. The lowest BCUT2D eigenvalue weighted by Crippen LogP contribution is -2.47. The van der Waals surface area contributed by atoms with Crippen LogP contribution in [0.15, 0.2) is 59.9 Å². The van der Waals surface area contributed by atoms with E-state index in [1.807, 2.05) is 0 Å². The van der Waals surface area contributed by atoms with E-state index in [-0.39, 0.29) is 30.8 Å². The number of carbonyl (C=O) groups is 3. The average molecular weight is 487 g/mol. The summed E-state index contributed by atoms with van der Waals surface area (Å²) in [6, 6.07) is 7.29. The first-order valence-electron chi connectivity index (χ1n) is 11.1. The van der Waals surface area contributed by atoms with E-state index in [4.69, 9.17) is 0 Å². The Labute approximate surface area is 199 Å². The molecular weight excluding hydrogens is 463 g/mol. The highest BCUT2D eigenvalue weighted by atomic mass is 19.4. The number of nitrogens with one attached hydrogen (secondary N) is 2. The van der Waals surface area contributed by atoms with Crippen molar-refractivity contribution in [3.63, 3.8) is 0 Å². The first kappa shape index (κ1) is 24.2. The number of benzene rings is 1. The molecule has 2 unspecified atom stereocenters. The number of carbonyl (C=O) groups excluding carboxylic acids is 3. The molecule has 2 aromatic rings. The third-order valence-electron chi connectivity index (χ3n) is 6.16. The number of likely N-dealkylation sites (N-methyl/N-ethyl adjacent to an activating group) is 1. The molecule has 0 radical (unpaired) electrons. The van der Waals surface area contributed by atoms with Gasteiger partial charge < -0.3 is 15.5 Å². The molecule has 0 saturated heterocycles. The predicted octanol–water partition coefficient (Wildman–Crippen LogP) is 2.99. The van der Waals surface area contributed by atoms with Crippen LogP contribution in [0, 0.1) is 0 Å². The van der Waals surface area contributed by atoms with Gasteiger partial charge >= 0.3 is 12.2 Å². The first-order valence-corrected chi connectivity index (χ1v) is 11.1. The molecule has 1 aromatic heterocycles. The van der Waals surface area contributed by atoms with Crippen LogP contribution >= 0.6 is 0 Å². The number of halogens is 3. The molecule has 2 N–H and O–H groups in total. The van der Waals surface area contributed by atoms with Crippen LogP contribution in [0.5, 0.6) is 0 Å².